The fraction of sp³-hybridized carbons (Fsp3) is 0.136. The molecule has 1 aromatic carbocycles. The minimum atomic E-state index is -5.08. The number of halogens is 3. The first-order chi connectivity index (χ1) is 15.2. The lowest BCUT2D eigenvalue weighted by Crippen LogP contribution is -2.31. The molecule has 4 heterocycles. The van der Waals surface area contributed by atoms with Crippen LogP contribution in [-0.4, -0.2) is 39.7 Å². The Balaban J connectivity index is 0.000000307. The summed E-state index contributed by atoms with van der Waals surface area (Å²) in [5.41, 5.74) is 4.73. The van der Waals surface area contributed by atoms with Crippen molar-refractivity contribution in [3.63, 3.8) is 0 Å². The lowest BCUT2D eigenvalue weighted by molar-refractivity contribution is -0.192. The van der Waals surface area contributed by atoms with Gasteiger partial charge in [-0.1, -0.05) is 18.2 Å². The second kappa shape index (κ2) is 8.46. The van der Waals surface area contributed by atoms with Crippen LogP contribution in [0.15, 0.2) is 54.7 Å². The molecule has 0 saturated heterocycles. The molecule has 4 aromatic rings. The highest BCUT2D eigenvalue weighted by Crippen LogP contribution is 2.34. The topological polar surface area (TPSA) is 95.1 Å². The molecule has 0 saturated carbocycles. The molecule has 0 radical (unpaired) electrons. The van der Waals surface area contributed by atoms with Crippen LogP contribution in [0.2, 0.25) is 0 Å². The Morgan fingerprint density at radius 1 is 1.12 bits per heavy atom. The Morgan fingerprint density at radius 2 is 1.88 bits per heavy atom. The number of thiophene rings is 1. The number of hydrogen-bond acceptors (Lipinski definition) is 4. The summed E-state index contributed by atoms with van der Waals surface area (Å²) in [6.45, 7) is 0.690. The molecule has 10 heteroatoms. The number of pyridine rings is 1. The molecule has 164 valence electrons. The summed E-state index contributed by atoms with van der Waals surface area (Å²) in [5, 5.41) is 11.2. The van der Waals surface area contributed by atoms with Gasteiger partial charge in [-0.3, -0.25) is 9.78 Å². The van der Waals surface area contributed by atoms with Crippen LogP contribution in [0.5, 0.6) is 0 Å². The van der Waals surface area contributed by atoms with E-state index >= 15 is 0 Å². The highest BCUT2D eigenvalue weighted by atomic mass is 32.1. The summed E-state index contributed by atoms with van der Waals surface area (Å²) < 4.78 is 33.0. The predicted octanol–water partition coefficient (Wildman–Crippen LogP) is 4.88. The van der Waals surface area contributed by atoms with E-state index in [0.29, 0.717) is 6.54 Å². The first-order valence-electron chi connectivity index (χ1n) is 9.48. The number of aromatic amines is 1. The van der Waals surface area contributed by atoms with Crippen molar-refractivity contribution in [3.05, 3.63) is 66.0 Å². The van der Waals surface area contributed by atoms with Crippen molar-refractivity contribution in [3.8, 4) is 21.8 Å². The quantitative estimate of drug-likeness (QED) is 0.398. The molecule has 5 rings (SSSR count). The van der Waals surface area contributed by atoms with Crippen molar-refractivity contribution in [2.45, 2.75) is 12.6 Å². The number of carbonyl (C=O) groups is 2. The number of H-pyrrole nitrogens is 1. The Morgan fingerprint density at radius 3 is 2.56 bits per heavy atom. The number of aliphatic carboxylic acids is 1. The van der Waals surface area contributed by atoms with E-state index in [1.54, 1.807) is 11.3 Å². The molecule has 0 spiro atoms. The number of carboxylic acids is 1. The molecule has 1 amide bonds. The van der Waals surface area contributed by atoms with Crippen LogP contribution in [0.4, 0.5) is 13.2 Å². The maximum absolute atomic E-state index is 12.0. The van der Waals surface area contributed by atoms with Gasteiger partial charge in [0.2, 0.25) is 0 Å². The average molecular weight is 459 g/mol. The van der Waals surface area contributed by atoms with Crippen LogP contribution >= 0.6 is 11.3 Å². The van der Waals surface area contributed by atoms with Crippen LogP contribution in [-0.2, 0) is 11.2 Å². The van der Waals surface area contributed by atoms with Crippen molar-refractivity contribution in [1.82, 2.24) is 15.3 Å². The SMILES string of the molecule is O=C(O)C(F)(F)F.O=C1NCCc2[nH]c(-c3ccnc(-c4cc5ccccc5s4)c3)cc21. The Bertz CT molecular complexity index is 1280. The molecule has 3 N–H and O–H groups in total. The van der Waals surface area contributed by atoms with E-state index in [4.69, 9.17) is 9.90 Å². The standard InChI is InChI=1S/C20H15N3OS.C2HF3O2/c24-20-14-11-16(23-15(14)6-8-22-20)12-5-7-21-17(9-12)19-10-13-3-1-2-4-18(13)25-19;3-2(4,5)1(6)7/h1-5,7,9-11,23H,6,8H2,(H,22,24);(H,6,7). The number of aromatic nitrogens is 2. The summed E-state index contributed by atoms with van der Waals surface area (Å²) in [5.74, 6) is -2.75. The highest BCUT2D eigenvalue weighted by Gasteiger charge is 2.38. The fourth-order valence-corrected chi connectivity index (χ4v) is 4.32. The number of nitrogens with one attached hydrogen (secondary N) is 2. The molecule has 0 atom stereocenters. The van der Waals surface area contributed by atoms with Gasteiger partial charge in [0.15, 0.2) is 0 Å². The van der Waals surface area contributed by atoms with Crippen molar-refractivity contribution in [2.24, 2.45) is 0 Å². The molecular weight excluding hydrogens is 443 g/mol. The van der Waals surface area contributed by atoms with Gasteiger partial charge < -0.3 is 15.4 Å². The van der Waals surface area contributed by atoms with Crippen molar-refractivity contribution >= 4 is 33.3 Å². The maximum Gasteiger partial charge on any atom is 0.490 e. The summed E-state index contributed by atoms with van der Waals surface area (Å²) in [4.78, 5) is 30.0. The molecule has 0 aliphatic carbocycles. The molecule has 32 heavy (non-hydrogen) atoms. The molecule has 3 aromatic heterocycles. The molecular formula is C22H16F3N3O3S. The van der Waals surface area contributed by atoms with Crippen LogP contribution in [0.1, 0.15) is 16.1 Å². The minimum Gasteiger partial charge on any atom is -0.475 e. The molecule has 6 nitrogen and oxygen atoms in total. The molecule has 0 unspecified atom stereocenters. The largest absolute Gasteiger partial charge is 0.490 e. The molecule has 0 fully saturated rings. The second-order valence-electron chi connectivity index (χ2n) is 6.96. The van der Waals surface area contributed by atoms with Gasteiger partial charge in [-0.2, -0.15) is 13.2 Å². The monoisotopic (exact) mass is 459 g/mol. The Hall–Kier alpha value is -3.66. The van der Waals surface area contributed by atoms with Crippen LogP contribution in [0.3, 0.4) is 0 Å². The van der Waals surface area contributed by atoms with Gasteiger partial charge in [0, 0.05) is 40.8 Å². The van der Waals surface area contributed by atoms with E-state index in [1.807, 2.05) is 18.3 Å². The summed E-state index contributed by atoms with van der Waals surface area (Å²) in [6, 6.07) is 16.5. The number of rotatable bonds is 2. The van der Waals surface area contributed by atoms with Gasteiger partial charge >= 0.3 is 12.1 Å². The van der Waals surface area contributed by atoms with E-state index in [1.165, 1.54) is 10.1 Å². The van der Waals surface area contributed by atoms with Gasteiger partial charge in [-0.25, -0.2) is 4.79 Å². The molecule has 0 bridgehead atoms. The number of carbonyl (C=O) groups excluding carboxylic acids is 1. The van der Waals surface area contributed by atoms with E-state index < -0.39 is 12.1 Å². The average Bonchev–Trinajstić information content (AvgIpc) is 3.39. The third kappa shape index (κ3) is 4.50. The first-order valence-corrected chi connectivity index (χ1v) is 10.3. The van der Waals surface area contributed by atoms with Gasteiger partial charge in [0.05, 0.1) is 16.1 Å². The van der Waals surface area contributed by atoms with Crippen molar-refractivity contribution < 1.29 is 27.9 Å². The summed E-state index contributed by atoms with van der Waals surface area (Å²) >= 11 is 1.75. The van der Waals surface area contributed by atoms with Crippen molar-refractivity contribution in [1.29, 1.82) is 0 Å². The second-order valence-corrected chi connectivity index (χ2v) is 8.05. The summed E-state index contributed by atoms with van der Waals surface area (Å²) in [7, 11) is 0. The minimum absolute atomic E-state index is 0.00235. The van der Waals surface area contributed by atoms with Crippen LogP contribution in [0, 0.1) is 0 Å². The smallest absolute Gasteiger partial charge is 0.475 e. The number of amides is 1. The predicted molar refractivity (Wildman–Crippen MR) is 115 cm³/mol. The number of carboxylic acid groups (broad SMARTS) is 1. The Labute approximate surface area is 183 Å². The van der Waals surface area contributed by atoms with Gasteiger partial charge in [0.1, 0.15) is 0 Å². The van der Waals surface area contributed by atoms with E-state index in [0.717, 1.165) is 39.5 Å². The number of benzene rings is 1. The summed E-state index contributed by atoms with van der Waals surface area (Å²) in [6.07, 6.45) is -2.41. The molecule has 1 aliphatic heterocycles. The van der Waals surface area contributed by atoms with Gasteiger partial charge in [0.25, 0.3) is 5.91 Å². The first kappa shape index (κ1) is 21.6. The zero-order valence-electron chi connectivity index (χ0n) is 16.4. The number of hydrogen-bond donors (Lipinski definition) is 3. The maximum atomic E-state index is 12.0. The normalized spacial score (nSPS) is 13.2. The third-order valence-electron chi connectivity index (χ3n) is 4.80. The van der Waals surface area contributed by atoms with E-state index in [2.05, 4.69) is 51.7 Å². The zero-order chi connectivity index (χ0) is 22.9. The van der Waals surface area contributed by atoms with E-state index in [9.17, 15) is 18.0 Å². The third-order valence-corrected chi connectivity index (χ3v) is 5.93. The van der Waals surface area contributed by atoms with E-state index in [-0.39, 0.29) is 5.91 Å². The highest BCUT2D eigenvalue weighted by molar-refractivity contribution is 7.22. The fourth-order valence-electron chi connectivity index (χ4n) is 3.29. The van der Waals surface area contributed by atoms with Crippen LogP contribution in [0.25, 0.3) is 31.9 Å². The Kier molecular flexibility index (Phi) is 5.70. The zero-order valence-corrected chi connectivity index (χ0v) is 17.2. The molecule has 1 aliphatic rings. The van der Waals surface area contributed by atoms with Crippen LogP contribution < -0.4 is 5.32 Å². The number of fused-ring (bicyclic) bond motifs is 2. The lowest BCUT2D eigenvalue weighted by atomic mass is 10.1. The number of nitrogens with zero attached hydrogens (tertiary/aromatic N) is 1. The van der Waals surface area contributed by atoms with Gasteiger partial charge in [-0.05, 0) is 35.7 Å². The lowest BCUT2D eigenvalue weighted by Gasteiger charge is -2.10. The van der Waals surface area contributed by atoms with Crippen molar-refractivity contribution in [2.75, 3.05) is 6.54 Å². The van der Waals surface area contributed by atoms with Gasteiger partial charge in [-0.15, -0.1) is 11.3 Å². The number of alkyl halides is 3.